The van der Waals surface area contributed by atoms with Crippen molar-refractivity contribution < 1.29 is 9.21 Å². The highest BCUT2D eigenvalue weighted by atomic mass is 16.4. The summed E-state index contributed by atoms with van der Waals surface area (Å²) in [6.07, 6.45) is 1.66. The third-order valence-corrected chi connectivity index (χ3v) is 3.26. The van der Waals surface area contributed by atoms with E-state index in [0.29, 0.717) is 17.3 Å². The van der Waals surface area contributed by atoms with Gasteiger partial charge in [0.2, 0.25) is 0 Å². The highest BCUT2D eigenvalue weighted by molar-refractivity contribution is 6.01. The van der Waals surface area contributed by atoms with Gasteiger partial charge < -0.3 is 4.42 Å². The van der Waals surface area contributed by atoms with Crippen LogP contribution in [0, 0.1) is 6.92 Å². The summed E-state index contributed by atoms with van der Waals surface area (Å²) in [4.78, 5) is 12.2. The molecule has 0 bridgehead atoms. The van der Waals surface area contributed by atoms with Gasteiger partial charge in [-0.05, 0) is 32.9 Å². The summed E-state index contributed by atoms with van der Waals surface area (Å²) in [6.45, 7) is 5.81. The summed E-state index contributed by atoms with van der Waals surface area (Å²) < 4.78 is 8.78. The number of hydrogen-bond acceptors (Lipinski definition) is 6. The third-order valence-electron chi connectivity index (χ3n) is 3.26. The Labute approximate surface area is 132 Å². The van der Waals surface area contributed by atoms with E-state index < -0.39 is 0 Å². The molecule has 23 heavy (non-hydrogen) atoms. The number of aryl methyl sites for hydroxylation is 2. The average Bonchev–Trinajstić information content (AvgIpc) is 3.17. The lowest BCUT2D eigenvalue weighted by Gasteiger charge is -2.07. The topological polar surface area (TPSA) is 104 Å². The first-order valence-corrected chi connectivity index (χ1v) is 7.15. The maximum Gasteiger partial charge on any atom is 0.322 e. The van der Waals surface area contributed by atoms with Crippen LogP contribution >= 0.6 is 0 Å². The third kappa shape index (κ3) is 2.85. The van der Waals surface area contributed by atoms with Crippen molar-refractivity contribution in [3.63, 3.8) is 0 Å². The molecular weight excluding hydrogens is 298 g/mol. The van der Waals surface area contributed by atoms with Gasteiger partial charge in [0.25, 0.3) is 11.8 Å². The van der Waals surface area contributed by atoms with Gasteiger partial charge in [-0.15, -0.1) is 5.10 Å². The van der Waals surface area contributed by atoms with E-state index in [1.165, 1.54) is 4.68 Å². The van der Waals surface area contributed by atoms with Crippen molar-refractivity contribution in [2.75, 3.05) is 5.32 Å². The highest BCUT2D eigenvalue weighted by Gasteiger charge is 2.18. The van der Waals surface area contributed by atoms with Crippen LogP contribution in [0.4, 0.5) is 6.01 Å². The molecule has 0 radical (unpaired) electrons. The summed E-state index contributed by atoms with van der Waals surface area (Å²) in [6, 6.07) is 3.65. The number of nitrogens with zero attached hydrogens (tertiary/aromatic N) is 6. The lowest BCUT2D eigenvalue weighted by atomic mass is 10.3. The predicted octanol–water partition coefficient (Wildman–Crippen LogP) is 1.81. The van der Waals surface area contributed by atoms with Crippen LogP contribution in [0.3, 0.4) is 0 Å². The van der Waals surface area contributed by atoms with Crippen molar-refractivity contribution in [2.24, 2.45) is 7.05 Å². The van der Waals surface area contributed by atoms with Crippen molar-refractivity contribution >= 4 is 11.9 Å². The van der Waals surface area contributed by atoms with Crippen LogP contribution in [0.2, 0.25) is 0 Å². The largest absolute Gasteiger partial charge is 0.401 e. The molecule has 9 nitrogen and oxygen atoms in total. The van der Waals surface area contributed by atoms with Crippen LogP contribution in [-0.2, 0) is 7.05 Å². The maximum absolute atomic E-state index is 12.2. The van der Waals surface area contributed by atoms with E-state index in [4.69, 9.17) is 4.42 Å². The number of carbonyl (C=O) groups excluding carboxylic acids is 1. The van der Waals surface area contributed by atoms with Gasteiger partial charge in [-0.3, -0.25) is 19.5 Å². The minimum atomic E-state index is -0.360. The van der Waals surface area contributed by atoms with E-state index in [1.807, 2.05) is 20.8 Å². The van der Waals surface area contributed by atoms with Gasteiger partial charge in [-0.25, -0.2) is 0 Å². The van der Waals surface area contributed by atoms with Crippen LogP contribution in [0.15, 0.2) is 22.7 Å². The monoisotopic (exact) mass is 315 g/mol. The van der Waals surface area contributed by atoms with E-state index in [-0.39, 0.29) is 18.0 Å². The second-order valence-corrected chi connectivity index (χ2v) is 5.42. The molecule has 3 heterocycles. The smallest absolute Gasteiger partial charge is 0.322 e. The fraction of sp³-hybridized carbons (Fsp3) is 0.357. The first kappa shape index (κ1) is 14.9. The molecule has 120 valence electrons. The number of amides is 1. The molecule has 1 N–H and O–H groups in total. The number of rotatable bonds is 4. The van der Waals surface area contributed by atoms with Gasteiger partial charge in [-0.1, -0.05) is 5.10 Å². The second-order valence-electron chi connectivity index (χ2n) is 5.42. The lowest BCUT2D eigenvalue weighted by molar-refractivity contribution is 0.101. The highest BCUT2D eigenvalue weighted by Crippen LogP contribution is 2.22. The minimum Gasteiger partial charge on any atom is -0.401 e. The van der Waals surface area contributed by atoms with Crippen molar-refractivity contribution in [2.45, 2.75) is 26.8 Å². The number of aromatic nitrogens is 6. The summed E-state index contributed by atoms with van der Waals surface area (Å²) >= 11 is 0. The van der Waals surface area contributed by atoms with Crippen LogP contribution in [-0.4, -0.2) is 35.7 Å². The molecule has 9 heteroatoms. The molecule has 3 rings (SSSR count). The zero-order valence-corrected chi connectivity index (χ0v) is 13.3. The molecule has 0 atom stereocenters. The van der Waals surface area contributed by atoms with Gasteiger partial charge >= 0.3 is 6.01 Å². The Hall–Kier alpha value is -2.97. The second kappa shape index (κ2) is 5.67. The Balaban J connectivity index is 1.81. The number of anilines is 1. The van der Waals surface area contributed by atoms with Crippen LogP contribution in [0.1, 0.15) is 36.1 Å². The standard InChI is InChI=1S/C14H17N7O2/c1-8(2)21-10(5-6-15-21)13-17-18-14(23-13)16-12(22)11-7-9(3)19-20(11)4/h5-8H,1-4H3,(H,16,18,22). The fourth-order valence-corrected chi connectivity index (χ4v) is 2.26. The van der Waals surface area contributed by atoms with Crippen molar-refractivity contribution in [3.05, 3.63) is 29.7 Å². The van der Waals surface area contributed by atoms with Crippen molar-refractivity contribution in [3.8, 4) is 11.6 Å². The molecule has 0 saturated heterocycles. The van der Waals surface area contributed by atoms with Crippen LogP contribution in [0.5, 0.6) is 0 Å². The van der Waals surface area contributed by atoms with Gasteiger partial charge in [-0.2, -0.15) is 10.2 Å². The Morgan fingerprint density at radius 3 is 2.78 bits per heavy atom. The lowest BCUT2D eigenvalue weighted by Crippen LogP contribution is -2.16. The predicted molar refractivity (Wildman–Crippen MR) is 81.8 cm³/mol. The minimum absolute atomic E-state index is 0.0281. The maximum atomic E-state index is 12.2. The summed E-state index contributed by atoms with van der Waals surface area (Å²) in [5, 5.41) is 18.7. The Bertz CT molecular complexity index is 843. The van der Waals surface area contributed by atoms with Crippen molar-refractivity contribution in [1.82, 2.24) is 29.8 Å². The zero-order valence-electron chi connectivity index (χ0n) is 13.3. The molecule has 1 amide bonds. The molecular formula is C14H17N7O2. The van der Waals surface area contributed by atoms with E-state index in [0.717, 1.165) is 5.69 Å². The van der Waals surface area contributed by atoms with E-state index in [1.54, 1.807) is 30.1 Å². The van der Waals surface area contributed by atoms with Gasteiger partial charge in [0, 0.05) is 19.3 Å². The van der Waals surface area contributed by atoms with E-state index >= 15 is 0 Å². The number of nitrogens with one attached hydrogen (secondary N) is 1. The average molecular weight is 315 g/mol. The molecule has 0 aliphatic rings. The van der Waals surface area contributed by atoms with Crippen LogP contribution in [0.25, 0.3) is 11.6 Å². The zero-order chi connectivity index (χ0) is 16.6. The molecule has 0 aliphatic heterocycles. The SMILES string of the molecule is Cc1cc(C(=O)Nc2nnc(-c3ccnn3C(C)C)o2)n(C)n1. The van der Waals surface area contributed by atoms with Gasteiger partial charge in [0.15, 0.2) is 0 Å². The molecule has 0 fully saturated rings. The summed E-state index contributed by atoms with van der Waals surface area (Å²) in [5.41, 5.74) is 1.86. The Morgan fingerprint density at radius 1 is 1.35 bits per heavy atom. The van der Waals surface area contributed by atoms with Crippen LogP contribution < -0.4 is 5.32 Å². The number of hydrogen-bond donors (Lipinski definition) is 1. The summed E-state index contributed by atoms with van der Waals surface area (Å²) in [7, 11) is 1.70. The van der Waals surface area contributed by atoms with Gasteiger partial charge in [0.1, 0.15) is 11.4 Å². The number of carbonyl (C=O) groups is 1. The first-order valence-electron chi connectivity index (χ1n) is 7.15. The summed E-state index contributed by atoms with van der Waals surface area (Å²) in [5.74, 6) is -0.0617. The first-order chi connectivity index (χ1) is 11.0. The Morgan fingerprint density at radius 2 is 2.13 bits per heavy atom. The van der Waals surface area contributed by atoms with E-state index in [9.17, 15) is 4.79 Å². The molecule has 3 aromatic rings. The van der Waals surface area contributed by atoms with E-state index in [2.05, 4.69) is 25.7 Å². The molecule has 0 aromatic carbocycles. The molecule has 0 unspecified atom stereocenters. The normalized spacial score (nSPS) is 11.2. The quantitative estimate of drug-likeness (QED) is 0.787. The fourth-order valence-electron chi connectivity index (χ4n) is 2.26. The van der Waals surface area contributed by atoms with Gasteiger partial charge in [0.05, 0.1) is 5.69 Å². The van der Waals surface area contributed by atoms with Crippen molar-refractivity contribution in [1.29, 1.82) is 0 Å². The molecule has 0 spiro atoms. The molecule has 0 aliphatic carbocycles. The molecule has 0 saturated carbocycles. The molecule has 3 aromatic heterocycles. The Kier molecular flexibility index (Phi) is 3.68.